The molecule has 2 heterocycles. The summed E-state index contributed by atoms with van der Waals surface area (Å²) in [4.78, 5) is 18.1. The minimum Gasteiger partial charge on any atom is -0.395 e. The van der Waals surface area contributed by atoms with Gasteiger partial charge in [0, 0.05) is 11.4 Å². The second kappa shape index (κ2) is 7.92. The van der Waals surface area contributed by atoms with Gasteiger partial charge in [-0.3, -0.25) is 9.69 Å². The zero-order chi connectivity index (χ0) is 15.2. The molecule has 4 nitrogen and oxygen atoms in total. The first kappa shape index (κ1) is 16.5. The Bertz CT molecular complexity index is 461. The number of rotatable bonds is 5. The van der Waals surface area contributed by atoms with Crippen LogP contribution in [0.1, 0.15) is 36.1 Å². The lowest BCUT2D eigenvalue weighted by molar-refractivity contribution is -0.137. The molecule has 1 aromatic rings. The van der Waals surface area contributed by atoms with Crippen molar-refractivity contribution in [2.45, 2.75) is 45.2 Å². The first-order chi connectivity index (χ1) is 10.1. The minimum absolute atomic E-state index is 0.0204. The summed E-state index contributed by atoms with van der Waals surface area (Å²) in [6.07, 6.45) is 4.43. The van der Waals surface area contributed by atoms with Crippen LogP contribution in [0.5, 0.6) is 0 Å². The van der Waals surface area contributed by atoms with E-state index in [2.05, 4.69) is 23.3 Å². The molecule has 1 aromatic heterocycles. The molecular weight excluding hydrogens is 284 g/mol. The average Bonchev–Trinajstić information content (AvgIpc) is 2.74. The highest BCUT2D eigenvalue weighted by Gasteiger charge is 2.29. The first-order valence-electron chi connectivity index (χ1n) is 7.76. The second-order valence-corrected chi connectivity index (χ2v) is 6.86. The molecule has 0 aromatic carbocycles. The van der Waals surface area contributed by atoms with Crippen LogP contribution in [-0.2, 0) is 11.3 Å². The number of aryl methyl sites for hydroxylation is 1. The van der Waals surface area contributed by atoms with Crippen molar-refractivity contribution in [2.24, 2.45) is 0 Å². The van der Waals surface area contributed by atoms with E-state index in [0.717, 1.165) is 19.4 Å². The van der Waals surface area contributed by atoms with Crippen LogP contribution in [0.15, 0.2) is 11.4 Å². The van der Waals surface area contributed by atoms with Gasteiger partial charge in [-0.15, -0.1) is 11.3 Å². The average molecular weight is 310 g/mol. The fraction of sp³-hybridized carbons (Fsp3) is 0.688. The van der Waals surface area contributed by atoms with E-state index in [1.165, 1.54) is 23.3 Å². The number of nitrogens with zero attached hydrogens (tertiary/aromatic N) is 2. The van der Waals surface area contributed by atoms with Gasteiger partial charge in [0.1, 0.15) is 0 Å². The van der Waals surface area contributed by atoms with Gasteiger partial charge in [-0.2, -0.15) is 0 Å². The summed E-state index contributed by atoms with van der Waals surface area (Å²) >= 11 is 1.68. The SMILES string of the molecule is Cc1ccsc1CN(CCO)C(=O)[C@H]1CCCCCN1C. The van der Waals surface area contributed by atoms with Crippen LogP contribution in [0.3, 0.4) is 0 Å². The van der Waals surface area contributed by atoms with Gasteiger partial charge in [-0.25, -0.2) is 0 Å². The van der Waals surface area contributed by atoms with Crippen LogP contribution in [0.4, 0.5) is 0 Å². The molecule has 1 N–H and O–H groups in total. The Morgan fingerprint density at radius 1 is 1.48 bits per heavy atom. The number of thiophene rings is 1. The van der Waals surface area contributed by atoms with Gasteiger partial charge in [0.2, 0.25) is 5.91 Å². The molecule has 1 aliphatic heterocycles. The van der Waals surface area contributed by atoms with E-state index < -0.39 is 0 Å². The van der Waals surface area contributed by atoms with Crippen LogP contribution < -0.4 is 0 Å². The highest BCUT2D eigenvalue weighted by Crippen LogP contribution is 2.21. The second-order valence-electron chi connectivity index (χ2n) is 5.86. The number of hydrogen-bond acceptors (Lipinski definition) is 4. The van der Waals surface area contributed by atoms with Crippen LogP contribution >= 0.6 is 11.3 Å². The number of amides is 1. The summed E-state index contributed by atoms with van der Waals surface area (Å²) in [6, 6.07) is 2.05. The number of aliphatic hydroxyl groups excluding tert-OH is 1. The number of carbonyl (C=O) groups excluding carboxylic acids is 1. The lowest BCUT2D eigenvalue weighted by atomic mass is 10.1. The maximum Gasteiger partial charge on any atom is 0.240 e. The van der Waals surface area contributed by atoms with Crippen molar-refractivity contribution in [3.63, 3.8) is 0 Å². The molecule has 0 spiro atoms. The number of aliphatic hydroxyl groups is 1. The molecule has 21 heavy (non-hydrogen) atoms. The van der Waals surface area contributed by atoms with Crippen molar-refractivity contribution in [2.75, 3.05) is 26.7 Å². The van der Waals surface area contributed by atoms with Crippen LogP contribution in [0.2, 0.25) is 0 Å². The zero-order valence-corrected chi connectivity index (χ0v) is 13.9. The molecule has 2 rings (SSSR count). The number of likely N-dealkylation sites (N-methyl/N-ethyl adjacent to an activating group) is 1. The summed E-state index contributed by atoms with van der Waals surface area (Å²) in [7, 11) is 2.04. The molecule has 0 saturated carbocycles. The van der Waals surface area contributed by atoms with Crippen molar-refractivity contribution in [1.29, 1.82) is 0 Å². The standard InChI is InChI=1S/C16H26N2O2S/c1-13-7-11-21-15(13)12-18(9-10-19)16(20)14-6-4-3-5-8-17(14)2/h7,11,14,19H,3-6,8-10,12H2,1-2H3/t14-/m1/s1. The van der Waals surface area contributed by atoms with Crippen molar-refractivity contribution >= 4 is 17.2 Å². The van der Waals surface area contributed by atoms with Crippen molar-refractivity contribution < 1.29 is 9.90 Å². The van der Waals surface area contributed by atoms with Gasteiger partial charge in [0.25, 0.3) is 0 Å². The van der Waals surface area contributed by atoms with Gasteiger partial charge in [0.05, 0.1) is 19.2 Å². The molecule has 1 fully saturated rings. The molecule has 1 amide bonds. The smallest absolute Gasteiger partial charge is 0.240 e. The summed E-state index contributed by atoms with van der Waals surface area (Å²) in [5.41, 5.74) is 1.23. The lowest BCUT2D eigenvalue weighted by Gasteiger charge is -2.31. The van der Waals surface area contributed by atoms with E-state index >= 15 is 0 Å². The predicted molar refractivity (Wildman–Crippen MR) is 86.4 cm³/mol. The molecule has 118 valence electrons. The molecule has 0 bridgehead atoms. The van der Waals surface area contributed by atoms with Gasteiger partial charge < -0.3 is 10.0 Å². The predicted octanol–water partition coefficient (Wildman–Crippen LogP) is 2.25. The quantitative estimate of drug-likeness (QED) is 0.907. The summed E-state index contributed by atoms with van der Waals surface area (Å²) < 4.78 is 0. The molecule has 0 radical (unpaired) electrons. The third-order valence-electron chi connectivity index (χ3n) is 4.29. The third kappa shape index (κ3) is 4.28. The van der Waals surface area contributed by atoms with E-state index in [1.807, 2.05) is 11.9 Å². The van der Waals surface area contributed by atoms with Gasteiger partial charge in [-0.1, -0.05) is 12.8 Å². The monoisotopic (exact) mass is 310 g/mol. The summed E-state index contributed by atoms with van der Waals surface area (Å²) in [5, 5.41) is 11.4. The summed E-state index contributed by atoms with van der Waals surface area (Å²) in [5.74, 6) is 0.168. The zero-order valence-electron chi connectivity index (χ0n) is 13.0. The topological polar surface area (TPSA) is 43.8 Å². The van der Waals surface area contributed by atoms with Gasteiger partial charge in [-0.05, 0) is 50.4 Å². The fourth-order valence-corrected chi connectivity index (χ4v) is 3.82. The Balaban J connectivity index is 2.08. The van der Waals surface area contributed by atoms with E-state index in [1.54, 1.807) is 11.3 Å². The van der Waals surface area contributed by atoms with Crippen molar-refractivity contribution in [1.82, 2.24) is 9.80 Å². The molecule has 0 aliphatic carbocycles. The Hall–Kier alpha value is -0.910. The molecular formula is C16H26N2O2S. The van der Waals surface area contributed by atoms with E-state index in [0.29, 0.717) is 13.1 Å². The Morgan fingerprint density at radius 2 is 2.29 bits per heavy atom. The maximum absolute atomic E-state index is 12.9. The molecule has 0 unspecified atom stereocenters. The normalized spacial score (nSPS) is 20.2. The Kier molecular flexibility index (Phi) is 6.21. The minimum atomic E-state index is -0.0284. The van der Waals surface area contributed by atoms with Gasteiger partial charge in [0.15, 0.2) is 0 Å². The largest absolute Gasteiger partial charge is 0.395 e. The molecule has 1 saturated heterocycles. The Labute approximate surface area is 131 Å². The van der Waals surface area contributed by atoms with Crippen molar-refractivity contribution in [3.05, 3.63) is 21.9 Å². The fourth-order valence-electron chi connectivity index (χ4n) is 2.90. The molecule has 1 atom stereocenters. The highest BCUT2D eigenvalue weighted by atomic mass is 32.1. The van der Waals surface area contributed by atoms with Crippen molar-refractivity contribution in [3.8, 4) is 0 Å². The molecule has 1 aliphatic rings. The molecule has 5 heteroatoms. The number of carbonyl (C=O) groups is 1. The van der Waals surface area contributed by atoms with Gasteiger partial charge >= 0.3 is 0 Å². The van der Waals surface area contributed by atoms with Crippen LogP contribution in [0, 0.1) is 6.92 Å². The third-order valence-corrected chi connectivity index (χ3v) is 5.30. The highest BCUT2D eigenvalue weighted by molar-refractivity contribution is 7.10. The van der Waals surface area contributed by atoms with E-state index in [4.69, 9.17) is 0 Å². The van der Waals surface area contributed by atoms with E-state index in [9.17, 15) is 9.90 Å². The number of hydrogen-bond donors (Lipinski definition) is 1. The van der Waals surface area contributed by atoms with E-state index in [-0.39, 0.29) is 18.6 Å². The maximum atomic E-state index is 12.9. The van der Waals surface area contributed by atoms with Crippen LogP contribution in [-0.4, -0.2) is 53.6 Å². The lowest BCUT2D eigenvalue weighted by Crippen LogP contribution is -2.47. The number of likely N-dealkylation sites (tertiary alicyclic amines) is 1. The summed E-state index contributed by atoms with van der Waals surface area (Å²) in [6.45, 7) is 4.12. The van der Waals surface area contributed by atoms with Crippen LogP contribution in [0.25, 0.3) is 0 Å². The Morgan fingerprint density at radius 3 is 2.95 bits per heavy atom. The first-order valence-corrected chi connectivity index (χ1v) is 8.64.